The summed E-state index contributed by atoms with van der Waals surface area (Å²) in [5.41, 5.74) is 0.230. The summed E-state index contributed by atoms with van der Waals surface area (Å²) in [6.45, 7) is -0.220. The van der Waals surface area contributed by atoms with Crippen molar-refractivity contribution >= 4 is 0 Å². The van der Waals surface area contributed by atoms with Gasteiger partial charge >= 0.3 is 0 Å². The van der Waals surface area contributed by atoms with E-state index in [9.17, 15) is 4.39 Å². The molecule has 0 aliphatic carbocycles. The van der Waals surface area contributed by atoms with Gasteiger partial charge in [0.2, 0.25) is 0 Å². The zero-order valence-electron chi connectivity index (χ0n) is 8.29. The molecule has 0 atom stereocenters. The Morgan fingerprint density at radius 3 is 2.87 bits per heavy atom. The van der Waals surface area contributed by atoms with Crippen LogP contribution in [0.3, 0.4) is 0 Å². The molecule has 0 saturated carbocycles. The fourth-order valence-corrected chi connectivity index (χ4v) is 0.949. The first-order chi connectivity index (χ1) is 7.27. The van der Waals surface area contributed by atoms with E-state index in [-0.39, 0.29) is 19.0 Å². The summed E-state index contributed by atoms with van der Waals surface area (Å²) in [4.78, 5) is 0. The van der Waals surface area contributed by atoms with Crippen LogP contribution in [0, 0.1) is 17.7 Å². The standard InChI is InChI=1S/C11H11FO3/c1-14-8-15-10-5-4-9(3-2-6-13)11(12)7-10/h4-5,7,13H,6,8H2,1H3. The third-order valence-corrected chi connectivity index (χ3v) is 1.59. The number of methoxy groups -OCH3 is 1. The predicted molar refractivity (Wildman–Crippen MR) is 52.9 cm³/mol. The van der Waals surface area contributed by atoms with Gasteiger partial charge in [0.15, 0.2) is 6.79 Å². The van der Waals surface area contributed by atoms with Gasteiger partial charge in [0.05, 0.1) is 5.56 Å². The highest BCUT2D eigenvalue weighted by atomic mass is 19.1. The largest absolute Gasteiger partial charge is 0.467 e. The summed E-state index contributed by atoms with van der Waals surface area (Å²) in [7, 11) is 1.48. The lowest BCUT2D eigenvalue weighted by Gasteiger charge is -2.04. The Kier molecular flexibility index (Phi) is 4.61. The molecule has 1 aromatic rings. The van der Waals surface area contributed by atoms with Crippen molar-refractivity contribution in [3.8, 4) is 17.6 Å². The van der Waals surface area contributed by atoms with Crippen LogP contribution in [0.1, 0.15) is 5.56 Å². The maximum Gasteiger partial charge on any atom is 0.188 e. The Labute approximate surface area is 87.4 Å². The molecule has 3 nitrogen and oxygen atoms in total. The molecule has 0 heterocycles. The molecule has 0 aliphatic rings. The van der Waals surface area contributed by atoms with Crippen molar-refractivity contribution < 1.29 is 19.0 Å². The van der Waals surface area contributed by atoms with Gasteiger partial charge in [-0.3, -0.25) is 0 Å². The Balaban J connectivity index is 2.78. The Hall–Kier alpha value is -1.57. The molecule has 0 unspecified atom stereocenters. The number of benzene rings is 1. The van der Waals surface area contributed by atoms with Crippen LogP contribution in [0.25, 0.3) is 0 Å². The average molecular weight is 210 g/mol. The summed E-state index contributed by atoms with van der Waals surface area (Å²) >= 11 is 0. The maximum absolute atomic E-state index is 13.3. The summed E-state index contributed by atoms with van der Waals surface area (Å²) in [5, 5.41) is 8.45. The van der Waals surface area contributed by atoms with E-state index in [4.69, 9.17) is 9.84 Å². The van der Waals surface area contributed by atoms with E-state index in [0.717, 1.165) is 0 Å². The van der Waals surface area contributed by atoms with Crippen molar-refractivity contribution in [3.63, 3.8) is 0 Å². The third-order valence-electron chi connectivity index (χ3n) is 1.59. The first kappa shape index (κ1) is 11.5. The molecule has 1 aromatic carbocycles. The van der Waals surface area contributed by atoms with Crippen molar-refractivity contribution in [1.29, 1.82) is 0 Å². The van der Waals surface area contributed by atoms with E-state index in [1.165, 1.54) is 19.2 Å². The Morgan fingerprint density at radius 1 is 1.47 bits per heavy atom. The molecule has 0 saturated heterocycles. The Morgan fingerprint density at radius 2 is 2.27 bits per heavy atom. The SMILES string of the molecule is COCOc1ccc(C#CCO)c(F)c1. The van der Waals surface area contributed by atoms with E-state index in [0.29, 0.717) is 5.75 Å². The van der Waals surface area contributed by atoms with Crippen LogP contribution in [0.2, 0.25) is 0 Å². The molecular formula is C11H11FO3. The van der Waals surface area contributed by atoms with E-state index < -0.39 is 5.82 Å². The molecule has 80 valence electrons. The molecule has 0 bridgehead atoms. The van der Waals surface area contributed by atoms with Gasteiger partial charge < -0.3 is 14.6 Å². The first-order valence-electron chi connectivity index (χ1n) is 4.29. The van der Waals surface area contributed by atoms with Crippen LogP contribution < -0.4 is 4.74 Å². The van der Waals surface area contributed by atoms with Gasteiger partial charge in [-0.05, 0) is 12.1 Å². The molecule has 0 spiro atoms. The number of aliphatic hydroxyl groups is 1. The van der Waals surface area contributed by atoms with Crippen molar-refractivity contribution in [2.75, 3.05) is 20.5 Å². The predicted octanol–water partition coefficient (Wildman–Crippen LogP) is 1.15. The van der Waals surface area contributed by atoms with Gasteiger partial charge in [-0.1, -0.05) is 11.8 Å². The molecule has 0 amide bonds. The second-order valence-electron chi connectivity index (χ2n) is 2.65. The summed E-state index contributed by atoms with van der Waals surface area (Å²) in [6.07, 6.45) is 0. The maximum atomic E-state index is 13.3. The minimum atomic E-state index is -0.482. The molecule has 4 heteroatoms. The van der Waals surface area contributed by atoms with E-state index >= 15 is 0 Å². The van der Waals surface area contributed by atoms with Crippen LogP contribution in [0.15, 0.2) is 18.2 Å². The fraction of sp³-hybridized carbons (Fsp3) is 0.273. The number of aliphatic hydroxyl groups excluding tert-OH is 1. The van der Waals surface area contributed by atoms with Gasteiger partial charge in [0.25, 0.3) is 0 Å². The monoisotopic (exact) mass is 210 g/mol. The zero-order chi connectivity index (χ0) is 11.1. The molecule has 0 aromatic heterocycles. The Bertz CT molecular complexity index is 379. The van der Waals surface area contributed by atoms with E-state index in [1.807, 2.05) is 0 Å². The van der Waals surface area contributed by atoms with Crippen molar-refractivity contribution in [2.45, 2.75) is 0 Å². The number of hydrogen-bond donors (Lipinski definition) is 1. The lowest BCUT2D eigenvalue weighted by atomic mass is 10.2. The van der Waals surface area contributed by atoms with Gasteiger partial charge in [-0.2, -0.15) is 0 Å². The first-order valence-corrected chi connectivity index (χ1v) is 4.29. The minimum Gasteiger partial charge on any atom is -0.467 e. The molecule has 0 fully saturated rings. The fourth-order valence-electron chi connectivity index (χ4n) is 0.949. The van der Waals surface area contributed by atoms with Crippen molar-refractivity contribution in [2.24, 2.45) is 0 Å². The molecular weight excluding hydrogens is 199 g/mol. The van der Waals surface area contributed by atoms with Crippen LogP contribution in [0.4, 0.5) is 4.39 Å². The highest BCUT2D eigenvalue weighted by Crippen LogP contribution is 2.15. The lowest BCUT2D eigenvalue weighted by Crippen LogP contribution is -1.99. The summed E-state index contributed by atoms with van der Waals surface area (Å²) < 4.78 is 23.0. The average Bonchev–Trinajstić information content (AvgIpc) is 2.25. The third kappa shape index (κ3) is 3.58. The smallest absolute Gasteiger partial charge is 0.188 e. The van der Waals surface area contributed by atoms with Crippen LogP contribution in [-0.2, 0) is 4.74 Å². The highest BCUT2D eigenvalue weighted by Gasteiger charge is 2.01. The van der Waals surface area contributed by atoms with E-state index in [1.54, 1.807) is 6.07 Å². The quantitative estimate of drug-likeness (QED) is 0.601. The molecule has 1 rings (SSSR count). The summed E-state index contributed by atoms with van der Waals surface area (Å²) in [6, 6.07) is 4.30. The van der Waals surface area contributed by atoms with Gasteiger partial charge in [0.1, 0.15) is 18.2 Å². The number of rotatable bonds is 3. The summed E-state index contributed by atoms with van der Waals surface area (Å²) in [5.74, 6) is 4.75. The van der Waals surface area contributed by atoms with Gasteiger partial charge in [-0.25, -0.2) is 4.39 Å². The highest BCUT2D eigenvalue weighted by molar-refractivity contribution is 5.39. The lowest BCUT2D eigenvalue weighted by molar-refractivity contribution is 0.0509. The van der Waals surface area contributed by atoms with Gasteiger partial charge in [0, 0.05) is 13.2 Å². The molecule has 1 N–H and O–H groups in total. The van der Waals surface area contributed by atoms with E-state index in [2.05, 4.69) is 16.6 Å². The second kappa shape index (κ2) is 6.02. The zero-order valence-corrected chi connectivity index (χ0v) is 8.29. The number of ether oxygens (including phenoxy) is 2. The topological polar surface area (TPSA) is 38.7 Å². The van der Waals surface area contributed by atoms with Crippen LogP contribution >= 0.6 is 0 Å². The normalized spacial score (nSPS) is 9.27. The van der Waals surface area contributed by atoms with Crippen molar-refractivity contribution in [1.82, 2.24) is 0 Å². The van der Waals surface area contributed by atoms with Gasteiger partial charge in [-0.15, -0.1) is 0 Å². The number of halogens is 1. The van der Waals surface area contributed by atoms with Crippen LogP contribution in [0.5, 0.6) is 5.75 Å². The van der Waals surface area contributed by atoms with Crippen molar-refractivity contribution in [3.05, 3.63) is 29.6 Å². The minimum absolute atomic E-state index is 0.0705. The second-order valence-corrected chi connectivity index (χ2v) is 2.65. The molecule has 0 radical (unpaired) electrons. The van der Waals surface area contributed by atoms with Crippen LogP contribution in [-0.4, -0.2) is 25.6 Å². The number of hydrogen-bond acceptors (Lipinski definition) is 3. The molecule has 15 heavy (non-hydrogen) atoms. The molecule has 0 aliphatic heterocycles.